The van der Waals surface area contributed by atoms with E-state index in [0.29, 0.717) is 13.1 Å². The molecule has 0 spiro atoms. The number of fused-ring (bicyclic) bond motifs is 6. The maximum atomic E-state index is 14.1. The van der Waals surface area contributed by atoms with E-state index >= 15 is 0 Å². The minimum Gasteiger partial charge on any atom is -0.496 e. The van der Waals surface area contributed by atoms with E-state index in [9.17, 15) is 14.7 Å². The number of rotatable bonds is 10. The number of benzene rings is 4. The van der Waals surface area contributed by atoms with Crippen LogP contribution in [0.4, 0.5) is 11.4 Å². The van der Waals surface area contributed by atoms with Gasteiger partial charge in [0.15, 0.2) is 12.3 Å². The van der Waals surface area contributed by atoms with Crippen molar-refractivity contribution in [3.63, 3.8) is 0 Å². The van der Waals surface area contributed by atoms with Crippen LogP contribution < -0.4 is 30.9 Å². The Kier molecular flexibility index (Phi) is 8.26. The molecule has 50 heavy (non-hydrogen) atoms. The van der Waals surface area contributed by atoms with E-state index in [2.05, 4.69) is 86.7 Å². The lowest BCUT2D eigenvalue weighted by atomic mass is 9.77. The number of aliphatic hydroxyl groups excluding tert-OH is 1. The fraction of sp³-hybridized carbons (Fsp3) is 0.295. The zero-order valence-corrected chi connectivity index (χ0v) is 29.7. The summed E-state index contributed by atoms with van der Waals surface area (Å²) < 4.78 is 7.93. The second-order valence-electron chi connectivity index (χ2n) is 14.6. The molecule has 2 aliphatic heterocycles. The van der Waals surface area contributed by atoms with Gasteiger partial charge in [0.05, 0.1) is 35.6 Å². The van der Waals surface area contributed by atoms with Crippen LogP contribution in [0.25, 0.3) is 33.7 Å². The third-order valence-electron chi connectivity index (χ3n) is 11.1. The summed E-state index contributed by atoms with van der Waals surface area (Å²) in [5, 5.41) is 14.8. The van der Waals surface area contributed by atoms with Crippen LogP contribution in [0, 0.1) is 0 Å². The summed E-state index contributed by atoms with van der Waals surface area (Å²) in [6.07, 6.45) is 9.04. The van der Waals surface area contributed by atoms with Crippen LogP contribution in [0.5, 0.6) is 5.75 Å². The van der Waals surface area contributed by atoms with Crippen molar-refractivity contribution in [2.45, 2.75) is 64.0 Å². The number of nitrogens with zero attached hydrogens (tertiary/aromatic N) is 2. The Balaban J connectivity index is 1.38. The third kappa shape index (κ3) is 4.84. The van der Waals surface area contributed by atoms with Gasteiger partial charge in [-0.2, -0.15) is 4.58 Å². The first-order valence-electron chi connectivity index (χ1n) is 17.4. The number of hydrogen-bond acceptors (Lipinski definition) is 5. The Bertz CT molecular complexity index is 2420. The fourth-order valence-corrected chi connectivity index (χ4v) is 8.64. The fourth-order valence-electron chi connectivity index (χ4n) is 8.64. The maximum absolute atomic E-state index is 14.1. The Morgan fingerprint density at radius 1 is 0.840 bits per heavy atom. The molecule has 6 heteroatoms. The number of aliphatic hydroxyl groups is 1. The lowest BCUT2D eigenvalue weighted by Gasteiger charge is -2.32. The van der Waals surface area contributed by atoms with Crippen LogP contribution in [0.2, 0.25) is 0 Å². The van der Waals surface area contributed by atoms with Gasteiger partial charge in [0.2, 0.25) is 16.5 Å². The van der Waals surface area contributed by atoms with E-state index < -0.39 is 10.8 Å². The highest BCUT2D eigenvalue weighted by Gasteiger charge is 2.47. The van der Waals surface area contributed by atoms with Crippen LogP contribution in [-0.4, -0.2) is 41.6 Å². The Labute approximate surface area is 293 Å². The van der Waals surface area contributed by atoms with Gasteiger partial charge < -0.3 is 14.7 Å². The molecule has 1 atom stereocenters. The molecule has 0 aromatic heterocycles. The molecular weight excluding hydrogens is 620 g/mol. The molecule has 0 amide bonds. The van der Waals surface area contributed by atoms with E-state index in [4.69, 9.17) is 4.74 Å². The van der Waals surface area contributed by atoms with E-state index in [1.807, 2.05) is 48.6 Å². The molecule has 254 valence electrons. The summed E-state index contributed by atoms with van der Waals surface area (Å²) in [4.78, 5) is 30.4. The molecule has 1 N–H and O–H groups in total. The average molecular weight is 666 g/mol. The molecule has 6 nitrogen and oxygen atoms in total. The van der Waals surface area contributed by atoms with Crippen molar-refractivity contribution in [1.82, 2.24) is 0 Å². The largest absolute Gasteiger partial charge is 0.496 e. The van der Waals surface area contributed by atoms with Gasteiger partial charge in [-0.1, -0.05) is 56.3 Å². The predicted molar refractivity (Wildman–Crippen MR) is 207 cm³/mol. The summed E-state index contributed by atoms with van der Waals surface area (Å²) in [5.41, 5.74) is 4.90. The Morgan fingerprint density at radius 3 is 2.20 bits per heavy atom. The van der Waals surface area contributed by atoms with Crippen LogP contribution >= 0.6 is 0 Å². The summed E-state index contributed by atoms with van der Waals surface area (Å²) in [5.74, 6) is 0.818. The second kappa shape index (κ2) is 12.4. The minimum absolute atomic E-state index is 0.0478. The van der Waals surface area contributed by atoms with Crippen molar-refractivity contribution >= 4 is 50.8 Å². The van der Waals surface area contributed by atoms with Crippen LogP contribution in [0.3, 0.4) is 0 Å². The van der Waals surface area contributed by atoms with Gasteiger partial charge in [-0.25, -0.2) is 0 Å². The number of anilines is 1. The topological polar surface area (TPSA) is 69.8 Å². The molecule has 0 aliphatic carbocycles. The normalized spacial score (nSPS) is 17.3. The maximum Gasteiger partial charge on any atom is 0.210 e. The molecule has 5 aromatic carbocycles. The number of ether oxygens (including phenoxy) is 1. The zero-order chi connectivity index (χ0) is 35.5. The molecule has 2 aliphatic rings. The van der Waals surface area contributed by atoms with Gasteiger partial charge in [0, 0.05) is 47.2 Å². The van der Waals surface area contributed by atoms with Crippen molar-refractivity contribution in [2.75, 3.05) is 25.1 Å². The van der Waals surface area contributed by atoms with Crippen LogP contribution in [0.15, 0.2) is 95.6 Å². The molecule has 0 saturated heterocycles. The van der Waals surface area contributed by atoms with E-state index in [-0.39, 0.29) is 33.9 Å². The number of methoxy groups -OCH3 is 1. The molecule has 0 saturated carbocycles. The SMILES string of the molecule is C=CCCN1c2ccc3c(OC)cccc3c2C(C)(C)C1C=c1c(=O)c(=CC2=[N+](CCC=C)c3ccc4c(CO)cccc4c3C2(C)C)c1=O. The zero-order valence-electron chi connectivity index (χ0n) is 29.7. The van der Waals surface area contributed by atoms with E-state index in [1.165, 1.54) is 5.56 Å². The van der Waals surface area contributed by atoms with Crippen molar-refractivity contribution in [1.29, 1.82) is 0 Å². The van der Waals surface area contributed by atoms with Crippen LogP contribution in [0.1, 0.15) is 57.2 Å². The molecule has 0 radical (unpaired) electrons. The third-order valence-corrected chi connectivity index (χ3v) is 11.1. The Hall–Kier alpha value is -5.07. The van der Waals surface area contributed by atoms with E-state index in [0.717, 1.165) is 68.3 Å². The predicted octanol–water partition coefficient (Wildman–Crippen LogP) is 6.05. The molecule has 5 aromatic rings. The Morgan fingerprint density at radius 2 is 1.52 bits per heavy atom. The molecule has 1 unspecified atom stereocenters. The lowest BCUT2D eigenvalue weighted by Crippen LogP contribution is -2.66. The van der Waals surface area contributed by atoms with Gasteiger partial charge >= 0.3 is 0 Å². The second-order valence-corrected chi connectivity index (χ2v) is 14.6. The quantitative estimate of drug-likeness (QED) is 0.146. The summed E-state index contributed by atoms with van der Waals surface area (Å²) in [6.45, 7) is 17.9. The number of hydrogen-bond donors (Lipinski definition) is 1. The lowest BCUT2D eigenvalue weighted by molar-refractivity contribution is -0.435. The molecule has 0 bridgehead atoms. The van der Waals surface area contributed by atoms with Crippen molar-refractivity contribution < 1.29 is 14.4 Å². The average Bonchev–Trinajstić information content (AvgIpc) is 3.47. The molecular formula is C44H45N2O4+. The summed E-state index contributed by atoms with van der Waals surface area (Å²) in [7, 11) is 1.69. The molecule has 2 heterocycles. The minimum atomic E-state index is -0.504. The van der Waals surface area contributed by atoms with Gasteiger partial charge in [-0.3, -0.25) is 9.59 Å². The first-order chi connectivity index (χ1) is 24.0. The van der Waals surface area contributed by atoms with Crippen molar-refractivity contribution in [2.24, 2.45) is 0 Å². The smallest absolute Gasteiger partial charge is 0.210 e. The highest BCUT2D eigenvalue weighted by atomic mass is 16.5. The first kappa shape index (κ1) is 33.4. The standard InChI is InChI=1S/C44H45N2O4/c1-8-10-22-45-34-20-18-28-27(26-47)14-12-15-30(28)39(34)43(3,4)37(45)24-32-41(48)33(42(32)49)25-38-44(5,6)40-31-16-13-17-36(50-7)29(31)19-21-35(40)46(38)23-11-9-2/h8-9,12-21,24-25,38,47H,1-2,10-11,22-23,26H2,3-7H3/q+1. The van der Waals surface area contributed by atoms with Gasteiger partial charge in [-0.15, -0.1) is 13.2 Å². The van der Waals surface area contributed by atoms with Gasteiger partial charge in [-0.05, 0) is 77.9 Å². The van der Waals surface area contributed by atoms with Gasteiger partial charge in [0.1, 0.15) is 5.75 Å². The molecule has 7 rings (SSSR count). The first-order valence-corrected chi connectivity index (χ1v) is 17.4. The summed E-state index contributed by atoms with van der Waals surface area (Å²) >= 11 is 0. The molecule has 0 fully saturated rings. The van der Waals surface area contributed by atoms with Gasteiger partial charge in [0.25, 0.3) is 0 Å². The monoisotopic (exact) mass is 665 g/mol. The summed E-state index contributed by atoms with van der Waals surface area (Å²) in [6, 6.07) is 20.3. The van der Waals surface area contributed by atoms with Crippen LogP contribution in [-0.2, 0) is 17.4 Å². The highest BCUT2D eigenvalue weighted by Crippen LogP contribution is 2.50. The van der Waals surface area contributed by atoms with E-state index in [1.54, 1.807) is 7.11 Å². The highest BCUT2D eigenvalue weighted by molar-refractivity contribution is 6.17. The van der Waals surface area contributed by atoms with Crippen molar-refractivity contribution in [3.05, 3.63) is 134 Å². The van der Waals surface area contributed by atoms with Crippen molar-refractivity contribution in [3.8, 4) is 5.75 Å².